The Morgan fingerprint density at radius 1 is 1.07 bits per heavy atom. The lowest BCUT2D eigenvalue weighted by atomic mass is 10.1. The molecule has 1 aliphatic heterocycles. The maximum Gasteiger partial charge on any atom is 0.433 e. The number of hydrogen-bond donors (Lipinski definition) is 0. The van der Waals surface area contributed by atoms with Gasteiger partial charge in [0.15, 0.2) is 5.69 Å². The highest BCUT2D eigenvalue weighted by molar-refractivity contribution is 5.91. The summed E-state index contributed by atoms with van der Waals surface area (Å²) in [5.74, 6) is -0.458. The summed E-state index contributed by atoms with van der Waals surface area (Å²) >= 11 is 0. The summed E-state index contributed by atoms with van der Waals surface area (Å²) in [6, 6.07) is 7.37. The van der Waals surface area contributed by atoms with Crippen molar-refractivity contribution in [3.8, 4) is 17.0 Å². The van der Waals surface area contributed by atoms with Crippen LogP contribution in [-0.2, 0) is 6.18 Å². The van der Waals surface area contributed by atoms with Gasteiger partial charge in [0.2, 0.25) is 5.82 Å². The minimum absolute atomic E-state index is 0.0804. The van der Waals surface area contributed by atoms with Gasteiger partial charge in [0.05, 0.1) is 12.8 Å². The smallest absolute Gasteiger partial charge is 0.433 e. The second-order valence-electron chi connectivity index (χ2n) is 6.75. The van der Waals surface area contributed by atoms with Crippen LogP contribution in [0.5, 0.6) is 5.75 Å². The Labute approximate surface area is 164 Å². The number of carbonyl (C=O) groups excluding carboxylic acids is 1. The molecular weight excluding hydrogens is 387 g/mol. The van der Waals surface area contributed by atoms with E-state index in [1.165, 1.54) is 7.11 Å². The fourth-order valence-electron chi connectivity index (χ4n) is 3.31. The number of nitrogens with zero attached hydrogens (tertiary/aromatic N) is 5. The van der Waals surface area contributed by atoms with Crippen molar-refractivity contribution in [1.29, 1.82) is 0 Å². The van der Waals surface area contributed by atoms with Crippen LogP contribution in [0.15, 0.2) is 30.3 Å². The van der Waals surface area contributed by atoms with E-state index in [9.17, 15) is 18.0 Å². The molecule has 1 fully saturated rings. The molecule has 10 heteroatoms. The number of rotatable bonds is 3. The van der Waals surface area contributed by atoms with Gasteiger partial charge < -0.3 is 9.64 Å². The standard InChI is InChI=1S/C19H18F3N5O2/c1-29-13-7-5-12(6-8-13)14-11-15(19(20,21)22)27-18(23-14)24-16(25-27)17(28)26-9-3-2-4-10-26/h5-8,11H,2-4,9-10H2,1H3. The van der Waals surface area contributed by atoms with Crippen LogP contribution in [0.1, 0.15) is 35.6 Å². The Bertz CT molecular complexity index is 1040. The molecule has 0 unspecified atom stereocenters. The summed E-state index contributed by atoms with van der Waals surface area (Å²) in [6.07, 6.45) is -1.96. The van der Waals surface area contributed by atoms with Gasteiger partial charge in [-0.15, -0.1) is 5.10 Å². The molecule has 2 aromatic heterocycles. The topological polar surface area (TPSA) is 72.6 Å². The number of halogens is 3. The molecule has 3 aromatic rings. The van der Waals surface area contributed by atoms with Crippen LogP contribution in [0.25, 0.3) is 17.0 Å². The number of likely N-dealkylation sites (tertiary alicyclic amines) is 1. The van der Waals surface area contributed by atoms with Crippen LogP contribution >= 0.6 is 0 Å². The lowest BCUT2D eigenvalue weighted by Gasteiger charge is -2.25. The summed E-state index contributed by atoms with van der Waals surface area (Å²) < 4.78 is 46.7. The molecule has 4 rings (SSSR count). The Balaban J connectivity index is 1.80. The Morgan fingerprint density at radius 2 is 1.76 bits per heavy atom. The highest BCUT2D eigenvalue weighted by Crippen LogP contribution is 2.32. The predicted octanol–water partition coefficient (Wildman–Crippen LogP) is 3.44. The number of ether oxygens (including phenoxy) is 1. The van der Waals surface area contributed by atoms with Crippen molar-refractivity contribution in [2.75, 3.05) is 20.2 Å². The summed E-state index contributed by atoms with van der Waals surface area (Å²) in [7, 11) is 1.50. The van der Waals surface area contributed by atoms with E-state index in [2.05, 4.69) is 15.1 Å². The first-order valence-corrected chi connectivity index (χ1v) is 9.15. The van der Waals surface area contributed by atoms with E-state index < -0.39 is 17.8 Å². The van der Waals surface area contributed by atoms with Gasteiger partial charge >= 0.3 is 6.18 Å². The summed E-state index contributed by atoms with van der Waals surface area (Å²) in [4.78, 5) is 22.4. The predicted molar refractivity (Wildman–Crippen MR) is 97.5 cm³/mol. The first kappa shape index (κ1) is 19.2. The van der Waals surface area contributed by atoms with Gasteiger partial charge in [0, 0.05) is 18.7 Å². The molecule has 1 aromatic carbocycles. The third kappa shape index (κ3) is 3.74. The van der Waals surface area contributed by atoms with E-state index in [1.54, 1.807) is 29.2 Å². The molecule has 152 valence electrons. The zero-order valence-electron chi connectivity index (χ0n) is 15.6. The SMILES string of the molecule is COc1ccc(-c2cc(C(F)(F)F)n3nc(C(=O)N4CCCCC4)nc3n2)cc1. The van der Waals surface area contributed by atoms with Crippen molar-refractivity contribution >= 4 is 11.7 Å². The van der Waals surface area contributed by atoms with E-state index in [0.717, 1.165) is 25.3 Å². The average molecular weight is 405 g/mol. The highest BCUT2D eigenvalue weighted by Gasteiger charge is 2.36. The number of benzene rings is 1. The number of hydrogen-bond acceptors (Lipinski definition) is 5. The number of alkyl halides is 3. The van der Waals surface area contributed by atoms with Crippen LogP contribution < -0.4 is 4.74 Å². The van der Waals surface area contributed by atoms with Crippen molar-refractivity contribution < 1.29 is 22.7 Å². The molecule has 0 spiro atoms. The molecule has 29 heavy (non-hydrogen) atoms. The van der Waals surface area contributed by atoms with Crippen molar-refractivity contribution in [2.24, 2.45) is 0 Å². The second-order valence-corrected chi connectivity index (χ2v) is 6.75. The van der Waals surface area contributed by atoms with Crippen LogP contribution in [0.4, 0.5) is 13.2 Å². The summed E-state index contributed by atoms with van der Waals surface area (Å²) in [5, 5.41) is 3.83. The Morgan fingerprint density at radius 3 is 2.38 bits per heavy atom. The normalized spacial score (nSPS) is 15.0. The molecule has 0 radical (unpaired) electrons. The molecule has 0 saturated carbocycles. The van der Waals surface area contributed by atoms with Gasteiger partial charge in [-0.3, -0.25) is 4.79 Å². The molecule has 1 saturated heterocycles. The minimum atomic E-state index is -4.69. The van der Waals surface area contributed by atoms with Gasteiger partial charge in [-0.25, -0.2) is 4.98 Å². The third-order valence-electron chi connectivity index (χ3n) is 4.82. The first-order chi connectivity index (χ1) is 13.9. The summed E-state index contributed by atoms with van der Waals surface area (Å²) in [6.45, 7) is 1.09. The van der Waals surface area contributed by atoms with E-state index >= 15 is 0 Å². The zero-order chi connectivity index (χ0) is 20.6. The first-order valence-electron chi connectivity index (χ1n) is 9.15. The third-order valence-corrected chi connectivity index (χ3v) is 4.82. The maximum absolute atomic E-state index is 13.7. The number of piperidine rings is 1. The van der Waals surface area contributed by atoms with Crippen LogP contribution in [0.3, 0.4) is 0 Å². The molecule has 3 heterocycles. The highest BCUT2D eigenvalue weighted by atomic mass is 19.4. The zero-order valence-corrected chi connectivity index (χ0v) is 15.6. The van der Waals surface area contributed by atoms with Gasteiger partial charge in [-0.2, -0.15) is 22.7 Å². The number of methoxy groups -OCH3 is 1. The molecule has 1 aliphatic rings. The number of carbonyl (C=O) groups is 1. The molecule has 0 aliphatic carbocycles. The molecule has 0 bridgehead atoms. The lowest BCUT2D eigenvalue weighted by Crippen LogP contribution is -2.36. The molecule has 0 atom stereocenters. The van der Waals surface area contributed by atoms with Crippen molar-refractivity contribution in [3.05, 3.63) is 41.9 Å². The van der Waals surface area contributed by atoms with Crippen molar-refractivity contribution in [3.63, 3.8) is 0 Å². The molecular formula is C19H18F3N5O2. The van der Waals surface area contributed by atoms with Gasteiger partial charge in [-0.05, 0) is 49.6 Å². The minimum Gasteiger partial charge on any atom is -0.497 e. The van der Waals surface area contributed by atoms with Gasteiger partial charge in [-0.1, -0.05) is 0 Å². The largest absolute Gasteiger partial charge is 0.497 e. The molecule has 0 N–H and O–H groups in total. The van der Waals surface area contributed by atoms with E-state index in [1.807, 2.05) is 0 Å². The van der Waals surface area contributed by atoms with Crippen LogP contribution in [0.2, 0.25) is 0 Å². The van der Waals surface area contributed by atoms with Gasteiger partial charge in [0.1, 0.15) is 5.75 Å². The Hall–Kier alpha value is -3.17. The molecule has 7 nitrogen and oxygen atoms in total. The van der Waals surface area contributed by atoms with E-state index in [4.69, 9.17) is 4.74 Å². The monoisotopic (exact) mass is 405 g/mol. The van der Waals surface area contributed by atoms with Crippen molar-refractivity contribution in [2.45, 2.75) is 25.4 Å². The lowest BCUT2D eigenvalue weighted by molar-refractivity contribution is -0.142. The van der Waals surface area contributed by atoms with Crippen LogP contribution in [0, 0.1) is 0 Å². The molecule has 1 amide bonds. The fourth-order valence-corrected chi connectivity index (χ4v) is 3.31. The van der Waals surface area contributed by atoms with E-state index in [-0.39, 0.29) is 17.3 Å². The maximum atomic E-state index is 13.7. The van der Waals surface area contributed by atoms with E-state index in [0.29, 0.717) is 28.9 Å². The van der Waals surface area contributed by atoms with Crippen molar-refractivity contribution in [1.82, 2.24) is 24.5 Å². The van der Waals surface area contributed by atoms with Crippen LogP contribution in [-0.4, -0.2) is 50.6 Å². The summed E-state index contributed by atoms with van der Waals surface area (Å²) in [5.41, 5.74) is -0.499. The quantitative estimate of drug-likeness (QED) is 0.668. The number of fused-ring (bicyclic) bond motifs is 1. The fraction of sp³-hybridized carbons (Fsp3) is 0.368. The number of aromatic nitrogens is 4. The average Bonchev–Trinajstić information content (AvgIpc) is 3.16. The van der Waals surface area contributed by atoms with Gasteiger partial charge in [0.25, 0.3) is 11.7 Å². The number of amides is 1. The second kappa shape index (κ2) is 7.34. The Kier molecular flexibility index (Phi) is 4.85.